The van der Waals surface area contributed by atoms with Crippen molar-refractivity contribution in [3.05, 3.63) is 59.9 Å². The molecular weight excluding hydrogens is 318 g/mol. The normalized spacial score (nSPS) is 11.5. The lowest BCUT2D eigenvalue weighted by atomic mass is 10.2. The van der Waals surface area contributed by atoms with Gasteiger partial charge in [-0.2, -0.15) is 5.10 Å². The van der Waals surface area contributed by atoms with E-state index in [0.717, 1.165) is 5.39 Å². The SMILES string of the molecule is CCOc1cccc2cc(/C(C)=N\NC(=O)c3ccc(N)cc3)oc12. The van der Waals surface area contributed by atoms with Gasteiger partial charge in [-0.3, -0.25) is 4.79 Å². The van der Waals surface area contributed by atoms with Crippen LogP contribution >= 0.6 is 0 Å². The first kappa shape index (κ1) is 16.6. The lowest BCUT2D eigenvalue weighted by Crippen LogP contribution is -2.19. The van der Waals surface area contributed by atoms with Gasteiger partial charge in [-0.1, -0.05) is 12.1 Å². The molecule has 3 rings (SSSR count). The van der Waals surface area contributed by atoms with E-state index in [2.05, 4.69) is 10.5 Å². The summed E-state index contributed by atoms with van der Waals surface area (Å²) in [4.78, 5) is 12.1. The third-order valence-electron chi connectivity index (χ3n) is 3.66. The monoisotopic (exact) mass is 337 g/mol. The fourth-order valence-electron chi connectivity index (χ4n) is 2.37. The van der Waals surface area contributed by atoms with E-state index in [0.29, 0.717) is 40.7 Å². The molecule has 0 aliphatic heterocycles. The van der Waals surface area contributed by atoms with Crippen LogP contribution < -0.4 is 15.9 Å². The van der Waals surface area contributed by atoms with Crippen molar-refractivity contribution in [2.45, 2.75) is 13.8 Å². The van der Waals surface area contributed by atoms with Crippen molar-refractivity contribution < 1.29 is 13.9 Å². The maximum absolute atomic E-state index is 12.1. The summed E-state index contributed by atoms with van der Waals surface area (Å²) in [6, 6.07) is 14.2. The summed E-state index contributed by atoms with van der Waals surface area (Å²) in [5.41, 5.74) is 10.4. The number of ether oxygens (including phenoxy) is 1. The van der Waals surface area contributed by atoms with E-state index in [1.165, 1.54) is 0 Å². The Morgan fingerprint density at radius 3 is 2.72 bits per heavy atom. The molecule has 0 aliphatic carbocycles. The third kappa shape index (κ3) is 3.63. The van der Waals surface area contributed by atoms with Crippen LogP contribution in [0, 0.1) is 0 Å². The Morgan fingerprint density at radius 1 is 1.24 bits per heavy atom. The number of carbonyl (C=O) groups is 1. The number of hydrogen-bond donors (Lipinski definition) is 2. The van der Waals surface area contributed by atoms with E-state index in [9.17, 15) is 4.79 Å². The van der Waals surface area contributed by atoms with Crippen LogP contribution in [0.1, 0.15) is 30.0 Å². The summed E-state index contributed by atoms with van der Waals surface area (Å²) in [6.07, 6.45) is 0. The van der Waals surface area contributed by atoms with E-state index >= 15 is 0 Å². The zero-order valence-corrected chi connectivity index (χ0v) is 14.1. The largest absolute Gasteiger partial charge is 0.490 e. The zero-order valence-electron chi connectivity index (χ0n) is 14.1. The zero-order chi connectivity index (χ0) is 17.8. The van der Waals surface area contributed by atoms with Gasteiger partial charge in [0.15, 0.2) is 17.1 Å². The second-order valence-corrected chi connectivity index (χ2v) is 5.48. The molecule has 1 heterocycles. The summed E-state index contributed by atoms with van der Waals surface area (Å²) in [5, 5.41) is 5.03. The summed E-state index contributed by atoms with van der Waals surface area (Å²) in [5.74, 6) is 0.940. The average molecular weight is 337 g/mol. The summed E-state index contributed by atoms with van der Waals surface area (Å²) < 4.78 is 11.4. The number of hydrogen-bond acceptors (Lipinski definition) is 5. The van der Waals surface area contributed by atoms with Crippen LogP contribution in [0.25, 0.3) is 11.0 Å². The average Bonchev–Trinajstić information content (AvgIpc) is 3.05. The molecule has 0 bridgehead atoms. The van der Waals surface area contributed by atoms with E-state index in [-0.39, 0.29) is 5.91 Å². The van der Waals surface area contributed by atoms with Crippen molar-refractivity contribution in [2.24, 2.45) is 5.10 Å². The van der Waals surface area contributed by atoms with Crippen LogP contribution in [0.2, 0.25) is 0 Å². The predicted molar refractivity (Wildman–Crippen MR) is 97.9 cm³/mol. The third-order valence-corrected chi connectivity index (χ3v) is 3.66. The molecule has 0 atom stereocenters. The van der Waals surface area contributed by atoms with Gasteiger partial charge in [-0.25, -0.2) is 5.43 Å². The number of para-hydroxylation sites is 1. The van der Waals surface area contributed by atoms with Crippen LogP contribution in [0.15, 0.2) is 58.0 Å². The van der Waals surface area contributed by atoms with Crippen molar-refractivity contribution in [1.82, 2.24) is 5.43 Å². The van der Waals surface area contributed by atoms with E-state index in [1.54, 1.807) is 31.2 Å². The summed E-state index contributed by atoms with van der Waals surface area (Å²) in [6.45, 7) is 4.24. The van der Waals surface area contributed by atoms with Crippen molar-refractivity contribution in [3.63, 3.8) is 0 Å². The quantitative estimate of drug-likeness (QED) is 0.423. The van der Waals surface area contributed by atoms with Crippen molar-refractivity contribution in [3.8, 4) is 5.75 Å². The van der Waals surface area contributed by atoms with Crippen molar-refractivity contribution in [1.29, 1.82) is 0 Å². The Labute approximate surface area is 145 Å². The molecule has 128 valence electrons. The number of furan rings is 1. The second-order valence-electron chi connectivity index (χ2n) is 5.48. The number of benzene rings is 2. The molecule has 0 spiro atoms. The summed E-state index contributed by atoms with van der Waals surface area (Å²) in [7, 11) is 0. The lowest BCUT2D eigenvalue weighted by Gasteiger charge is -2.03. The molecule has 3 N–H and O–H groups in total. The number of nitrogens with two attached hydrogens (primary N) is 1. The molecule has 6 heteroatoms. The molecule has 6 nitrogen and oxygen atoms in total. The highest BCUT2D eigenvalue weighted by atomic mass is 16.5. The minimum Gasteiger partial charge on any atom is -0.490 e. The maximum atomic E-state index is 12.1. The number of amides is 1. The van der Waals surface area contributed by atoms with Crippen LogP contribution in [-0.4, -0.2) is 18.2 Å². The fourth-order valence-corrected chi connectivity index (χ4v) is 2.37. The molecule has 0 unspecified atom stereocenters. The lowest BCUT2D eigenvalue weighted by molar-refractivity contribution is 0.0955. The smallest absolute Gasteiger partial charge is 0.271 e. The van der Waals surface area contributed by atoms with E-state index in [1.807, 2.05) is 31.2 Å². The highest BCUT2D eigenvalue weighted by Gasteiger charge is 2.11. The first-order valence-electron chi connectivity index (χ1n) is 7.94. The number of fused-ring (bicyclic) bond motifs is 1. The Hall–Kier alpha value is -3.28. The standard InChI is InChI=1S/C19H19N3O3/c1-3-24-16-6-4-5-14-11-17(25-18(14)16)12(2)21-22-19(23)13-7-9-15(20)10-8-13/h4-11H,3,20H2,1-2H3,(H,22,23)/b21-12-. The number of nitrogen functional groups attached to an aromatic ring is 1. The number of carbonyl (C=O) groups excluding carboxylic acids is 1. The Morgan fingerprint density at radius 2 is 2.00 bits per heavy atom. The Kier molecular flexibility index (Phi) is 4.70. The molecule has 1 aromatic heterocycles. The van der Waals surface area contributed by atoms with Gasteiger partial charge in [0.2, 0.25) is 0 Å². The Balaban J connectivity index is 1.80. The first-order chi connectivity index (χ1) is 12.1. The van der Waals surface area contributed by atoms with Crippen molar-refractivity contribution >= 4 is 28.3 Å². The van der Waals surface area contributed by atoms with Gasteiger partial charge in [0.05, 0.1) is 6.61 Å². The molecule has 0 aliphatic rings. The number of nitrogens with one attached hydrogen (secondary N) is 1. The second kappa shape index (κ2) is 7.09. The number of hydrazone groups is 1. The van der Waals surface area contributed by atoms with Gasteiger partial charge in [0.1, 0.15) is 5.71 Å². The molecule has 0 saturated heterocycles. The molecule has 1 amide bonds. The molecule has 2 aromatic carbocycles. The van der Waals surface area contributed by atoms with Gasteiger partial charge < -0.3 is 14.9 Å². The van der Waals surface area contributed by atoms with E-state index in [4.69, 9.17) is 14.9 Å². The Bertz CT molecular complexity index is 927. The molecule has 25 heavy (non-hydrogen) atoms. The van der Waals surface area contributed by atoms with Crippen molar-refractivity contribution in [2.75, 3.05) is 12.3 Å². The summed E-state index contributed by atoms with van der Waals surface area (Å²) >= 11 is 0. The highest BCUT2D eigenvalue weighted by Crippen LogP contribution is 2.29. The number of nitrogens with zero attached hydrogens (tertiary/aromatic N) is 1. The maximum Gasteiger partial charge on any atom is 0.271 e. The molecule has 0 saturated carbocycles. The minimum absolute atomic E-state index is 0.314. The number of rotatable bonds is 5. The van der Waals surface area contributed by atoms with Gasteiger partial charge in [-0.15, -0.1) is 0 Å². The van der Waals surface area contributed by atoms with Crippen LogP contribution in [-0.2, 0) is 0 Å². The van der Waals surface area contributed by atoms with Crippen LogP contribution in [0.5, 0.6) is 5.75 Å². The van der Waals surface area contributed by atoms with Crippen LogP contribution in [0.3, 0.4) is 0 Å². The highest BCUT2D eigenvalue weighted by molar-refractivity contribution is 6.02. The first-order valence-corrected chi connectivity index (χ1v) is 7.94. The van der Waals surface area contributed by atoms with Gasteiger partial charge in [0.25, 0.3) is 5.91 Å². The topological polar surface area (TPSA) is 89.8 Å². The van der Waals surface area contributed by atoms with E-state index < -0.39 is 0 Å². The molecule has 3 aromatic rings. The minimum atomic E-state index is -0.314. The molecule has 0 radical (unpaired) electrons. The molecule has 0 fully saturated rings. The number of anilines is 1. The predicted octanol–water partition coefficient (Wildman–Crippen LogP) is 3.57. The van der Waals surface area contributed by atoms with Gasteiger partial charge >= 0.3 is 0 Å². The van der Waals surface area contributed by atoms with Crippen LogP contribution in [0.4, 0.5) is 5.69 Å². The fraction of sp³-hybridized carbons (Fsp3) is 0.158. The molecular formula is C19H19N3O3. The van der Waals surface area contributed by atoms with Gasteiger partial charge in [-0.05, 0) is 50.2 Å². The van der Waals surface area contributed by atoms with Gasteiger partial charge in [0, 0.05) is 16.6 Å².